The molecule has 0 saturated carbocycles. The van der Waals surface area contributed by atoms with Gasteiger partial charge in [0.15, 0.2) is 0 Å². The Morgan fingerprint density at radius 2 is 2.17 bits per heavy atom. The van der Waals surface area contributed by atoms with Crippen LogP contribution in [-0.2, 0) is 17.8 Å². The molecule has 2 aromatic rings. The lowest BCUT2D eigenvalue weighted by Gasteiger charge is -2.23. The molecule has 0 radical (unpaired) electrons. The summed E-state index contributed by atoms with van der Waals surface area (Å²) >= 11 is 1.49. The van der Waals surface area contributed by atoms with Gasteiger partial charge in [-0.3, -0.25) is 15.0 Å². The lowest BCUT2D eigenvalue weighted by molar-refractivity contribution is -0.120. The highest BCUT2D eigenvalue weighted by molar-refractivity contribution is 7.15. The molecule has 1 fully saturated rings. The normalized spacial score (nSPS) is 18.0. The van der Waals surface area contributed by atoms with Crippen LogP contribution >= 0.6 is 11.3 Å². The van der Waals surface area contributed by atoms with Crippen LogP contribution in [-0.4, -0.2) is 33.6 Å². The molecule has 1 aliphatic rings. The van der Waals surface area contributed by atoms with E-state index in [0.717, 1.165) is 50.2 Å². The fourth-order valence-corrected chi connectivity index (χ4v) is 3.84. The molecule has 128 valence electrons. The number of rotatable bonds is 7. The highest BCUT2D eigenvalue weighted by Gasteiger charge is 2.31. The predicted molar refractivity (Wildman–Crippen MR) is 97.0 cm³/mol. The van der Waals surface area contributed by atoms with Crippen molar-refractivity contribution in [3.63, 3.8) is 0 Å². The van der Waals surface area contributed by atoms with Gasteiger partial charge in [-0.2, -0.15) is 0 Å². The summed E-state index contributed by atoms with van der Waals surface area (Å²) in [6.07, 6.45) is 5.14. The van der Waals surface area contributed by atoms with Crippen LogP contribution in [0.2, 0.25) is 0 Å². The number of anilines is 1. The zero-order chi connectivity index (χ0) is 16.8. The number of hydrogen-bond acceptors (Lipinski definition) is 5. The molecular weight excluding hydrogens is 320 g/mol. The van der Waals surface area contributed by atoms with Crippen LogP contribution in [0.5, 0.6) is 0 Å². The highest BCUT2D eigenvalue weighted by atomic mass is 32.1. The van der Waals surface area contributed by atoms with E-state index < -0.39 is 0 Å². The zero-order valence-electron chi connectivity index (χ0n) is 14.1. The van der Waals surface area contributed by atoms with Crippen LogP contribution in [0, 0.1) is 0 Å². The van der Waals surface area contributed by atoms with Crippen molar-refractivity contribution < 1.29 is 4.79 Å². The summed E-state index contributed by atoms with van der Waals surface area (Å²) in [5, 5.41) is 12.9. The first kappa shape index (κ1) is 17.0. The molecule has 3 rings (SSSR count). The van der Waals surface area contributed by atoms with Crippen molar-refractivity contribution in [2.45, 2.75) is 51.6 Å². The Morgan fingerprint density at radius 1 is 1.33 bits per heavy atom. The number of nitrogens with one attached hydrogen (secondary N) is 1. The molecule has 24 heavy (non-hydrogen) atoms. The van der Waals surface area contributed by atoms with Gasteiger partial charge in [-0.15, -0.1) is 10.2 Å². The van der Waals surface area contributed by atoms with Crippen molar-refractivity contribution in [2.24, 2.45) is 0 Å². The van der Waals surface area contributed by atoms with Crippen LogP contribution in [0.25, 0.3) is 0 Å². The number of amides is 1. The van der Waals surface area contributed by atoms with Crippen LogP contribution in [0.1, 0.15) is 43.2 Å². The summed E-state index contributed by atoms with van der Waals surface area (Å²) in [4.78, 5) is 14.9. The lowest BCUT2D eigenvalue weighted by Crippen LogP contribution is -2.39. The second-order valence-corrected chi connectivity index (χ2v) is 7.27. The van der Waals surface area contributed by atoms with Crippen LogP contribution < -0.4 is 5.32 Å². The number of likely N-dealkylation sites (tertiary alicyclic amines) is 1. The Kier molecular flexibility index (Phi) is 5.93. The van der Waals surface area contributed by atoms with E-state index in [1.165, 1.54) is 16.9 Å². The third kappa shape index (κ3) is 4.39. The minimum absolute atomic E-state index is 0.0432. The smallest absolute Gasteiger partial charge is 0.243 e. The van der Waals surface area contributed by atoms with Gasteiger partial charge in [0, 0.05) is 13.0 Å². The first-order valence-corrected chi connectivity index (χ1v) is 9.49. The minimum atomic E-state index is -0.0757. The van der Waals surface area contributed by atoms with Gasteiger partial charge in [0.05, 0.1) is 6.04 Å². The van der Waals surface area contributed by atoms with Gasteiger partial charge in [-0.05, 0) is 31.4 Å². The molecule has 1 saturated heterocycles. The van der Waals surface area contributed by atoms with Gasteiger partial charge in [-0.1, -0.05) is 55.0 Å². The molecule has 0 bridgehead atoms. The van der Waals surface area contributed by atoms with E-state index in [2.05, 4.69) is 39.5 Å². The number of benzene rings is 1. The van der Waals surface area contributed by atoms with Crippen LogP contribution in [0.4, 0.5) is 5.13 Å². The van der Waals surface area contributed by atoms with E-state index in [-0.39, 0.29) is 11.9 Å². The SMILES string of the molecule is CCCCc1nnc(NC(=O)C2CCCN2Cc2ccccc2)s1. The van der Waals surface area contributed by atoms with Crippen molar-refractivity contribution >= 4 is 22.4 Å². The Bertz CT molecular complexity index is 658. The third-order valence-electron chi connectivity index (χ3n) is 4.34. The molecule has 1 amide bonds. The summed E-state index contributed by atoms with van der Waals surface area (Å²) in [7, 11) is 0. The molecule has 1 aromatic carbocycles. The predicted octanol–water partition coefficient (Wildman–Crippen LogP) is 3.48. The second-order valence-electron chi connectivity index (χ2n) is 6.21. The number of carbonyl (C=O) groups excluding carboxylic acids is 1. The Balaban J connectivity index is 1.58. The Morgan fingerprint density at radius 3 is 2.96 bits per heavy atom. The monoisotopic (exact) mass is 344 g/mol. The fourth-order valence-electron chi connectivity index (χ4n) is 3.05. The van der Waals surface area contributed by atoms with Crippen molar-refractivity contribution in [1.29, 1.82) is 0 Å². The molecule has 1 atom stereocenters. The van der Waals surface area contributed by atoms with E-state index in [0.29, 0.717) is 5.13 Å². The van der Waals surface area contributed by atoms with Gasteiger partial charge in [-0.25, -0.2) is 0 Å². The van der Waals surface area contributed by atoms with Gasteiger partial charge < -0.3 is 0 Å². The summed E-state index contributed by atoms with van der Waals surface area (Å²) in [5.74, 6) is 0.0432. The molecule has 1 aliphatic heterocycles. The Hall–Kier alpha value is -1.79. The molecule has 6 heteroatoms. The first-order valence-electron chi connectivity index (χ1n) is 8.67. The molecule has 1 N–H and O–H groups in total. The molecule has 5 nitrogen and oxygen atoms in total. The molecule has 0 aliphatic carbocycles. The highest BCUT2D eigenvalue weighted by Crippen LogP contribution is 2.23. The maximum absolute atomic E-state index is 12.6. The van der Waals surface area contributed by atoms with E-state index in [4.69, 9.17) is 0 Å². The number of nitrogens with zero attached hydrogens (tertiary/aromatic N) is 3. The average Bonchev–Trinajstić information content (AvgIpc) is 3.23. The standard InChI is InChI=1S/C18H24N4OS/c1-2-3-11-16-20-21-18(24-16)19-17(23)15-10-7-12-22(15)13-14-8-5-4-6-9-14/h4-6,8-9,15H,2-3,7,10-13H2,1H3,(H,19,21,23). The summed E-state index contributed by atoms with van der Waals surface area (Å²) in [6, 6.07) is 10.2. The number of hydrogen-bond donors (Lipinski definition) is 1. The van der Waals surface area contributed by atoms with E-state index >= 15 is 0 Å². The van der Waals surface area contributed by atoms with Gasteiger partial charge in [0.1, 0.15) is 5.01 Å². The topological polar surface area (TPSA) is 58.1 Å². The third-order valence-corrected chi connectivity index (χ3v) is 5.23. The summed E-state index contributed by atoms with van der Waals surface area (Å²) < 4.78 is 0. The molecular formula is C18H24N4OS. The van der Waals surface area contributed by atoms with Crippen LogP contribution in [0.3, 0.4) is 0 Å². The quantitative estimate of drug-likeness (QED) is 0.835. The molecule has 1 aromatic heterocycles. The van der Waals surface area contributed by atoms with Crippen molar-refractivity contribution in [1.82, 2.24) is 15.1 Å². The van der Waals surface area contributed by atoms with Gasteiger partial charge in [0.2, 0.25) is 11.0 Å². The van der Waals surface area contributed by atoms with E-state index in [9.17, 15) is 4.79 Å². The van der Waals surface area contributed by atoms with Crippen molar-refractivity contribution in [3.8, 4) is 0 Å². The van der Waals surface area contributed by atoms with Gasteiger partial charge >= 0.3 is 0 Å². The van der Waals surface area contributed by atoms with E-state index in [1.54, 1.807) is 0 Å². The maximum atomic E-state index is 12.6. The summed E-state index contributed by atoms with van der Waals surface area (Å²) in [6.45, 7) is 3.94. The first-order chi connectivity index (χ1) is 11.8. The number of aromatic nitrogens is 2. The molecule has 2 heterocycles. The largest absolute Gasteiger partial charge is 0.299 e. The second kappa shape index (κ2) is 8.35. The Labute approximate surface area is 147 Å². The minimum Gasteiger partial charge on any atom is -0.299 e. The number of aryl methyl sites for hydroxylation is 1. The van der Waals surface area contributed by atoms with E-state index in [1.807, 2.05) is 18.2 Å². The fraction of sp³-hybridized carbons (Fsp3) is 0.500. The number of carbonyl (C=O) groups is 1. The number of unbranched alkanes of at least 4 members (excludes halogenated alkanes) is 1. The maximum Gasteiger partial charge on any atom is 0.243 e. The summed E-state index contributed by atoms with van der Waals surface area (Å²) in [5.41, 5.74) is 1.25. The van der Waals surface area contributed by atoms with Gasteiger partial charge in [0.25, 0.3) is 0 Å². The lowest BCUT2D eigenvalue weighted by atomic mass is 10.1. The average molecular weight is 344 g/mol. The molecule has 1 unspecified atom stereocenters. The zero-order valence-corrected chi connectivity index (χ0v) is 14.9. The van der Waals surface area contributed by atoms with Crippen molar-refractivity contribution in [3.05, 3.63) is 40.9 Å². The van der Waals surface area contributed by atoms with Crippen molar-refractivity contribution in [2.75, 3.05) is 11.9 Å². The van der Waals surface area contributed by atoms with Crippen LogP contribution in [0.15, 0.2) is 30.3 Å². The molecule has 0 spiro atoms.